The first-order valence-electron chi connectivity index (χ1n) is 10.9. The van der Waals surface area contributed by atoms with Gasteiger partial charge < -0.3 is 10.2 Å². The molecule has 2 aromatic carbocycles. The first-order chi connectivity index (χ1) is 15.1. The van der Waals surface area contributed by atoms with Crippen LogP contribution in [0.2, 0.25) is 0 Å². The Labute approximate surface area is 190 Å². The average Bonchev–Trinajstić information content (AvgIpc) is 3.23. The highest BCUT2D eigenvalue weighted by Crippen LogP contribution is 2.23. The normalized spacial score (nSPS) is 16.3. The fraction of sp³-hybridized carbons (Fsp3) is 0.417. The molecule has 1 atom stereocenters. The Bertz CT molecular complexity index is 1110. The summed E-state index contributed by atoms with van der Waals surface area (Å²) in [5, 5.41) is 2.90. The Morgan fingerprint density at radius 3 is 2.53 bits per heavy atom. The summed E-state index contributed by atoms with van der Waals surface area (Å²) in [4.78, 5) is 27.4. The summed E-state index contributed by atoms with van der Waals surface area (Å²) in [5.41, 5.74) is 2.53. The number of hydrogen-bond acceptors (Lipinski definition) is 4. The van der Waals surface area contributed by atoms with E-state index in [4.69, 9.17) is 0 Å². The van der Waals surface area contributed by atoms with Crippen molar-refractivity contribution in [1.29, 1.82) is 0 Å². The van der Waals surface area contributed by atoms with E-state index in [2.05, 4.69) is 10.0 Å². The van der Waals surface area contributed by atoms with Gasteiger partial charge in [-0.3, -0.25) is 14.3 Å². The summed E-state index contributed by atoms with van der Waals surface area (Å²) < 4.78 is 28.2. The highest BCUT2D eigenvalue weighted by molar-refractivity contribution is 7.92. The van der Waals surface area contributed by atoms with E-state index in [-0.39, 0.29) is 16.7 Å². The molecule has 8 heteroatoms. The maximum Gasteiger partial charge on any atom is 0.261 e. The standard InChI is InChI=1S/C24H31N3O4S/c1-16(2)15-25-23(28)22-9-6-12-27(22)24(29)19-7-5-8-20(14-19)26-32(30,31)21-11-10-17(3)18(4)13-21/h5,7-8,10-11,13-14,16,22,26H,6,9,12,15H2,1-4H3,(H,25,28). The summed E-state index contributed by atoms with van der Waals surface area (Å²) in [6, 6.07) is 10.8. The van der Waals surface area contributed by atoms with Crippen molar-refractivity contribution >= 4 is 27.5 Å². The third kappa shape index (κ3) is 5.48. The van der Waals surface area contributed by atoms with E-state index in [0.29, 0.717) is 36.7 Å². The molecule has 1 saturated heterocycles. The van der Waals surface area contributed by atoms with Gasteiger partial charge in [0, 0.05) is 24.3 Å². The molecule has 0 spiro atoms. The van der Waals surface area contributed by atoms with Crippen LogP contribution in [0.4, 0.5) is 5.69 Å². The number of anilines is 1. The van der Waals surface area contributed by atoms with Gasteiger partial charge in [-0.05, 0) is 74.1 Å². The van der Waals surface area contributed by atoms with E-state index in [0.717, 1.165) is 17.5 Å². The molecule has 3 rings (SSSR count). The molecule has 1 fully saturated rings. The number of amides is 2. The number of rotatable bonds is 7. The Morgan fingerprint density at radius 1 is 1.09 bits per heavy atom. The van der Waals surface area contributed by atoms with Crippen molar-refractivity contribution in [3.63, 3.8) is 0 Å². The third-order valence-corrected chi connectivity index (χ3v) is 7.03. The lowest BCUT2D eigenvalue weighted by Gasteiger charge is -2.24. The lowest BCUT2D eigenvalue weighted by molar-refractivity contribution is -0.125. The molecule has 2 amide bonds. The number of carbonyl (C=O) groups is 2. The zero-order valence-corrected chi connectivity index (χ0v) is 19.8. The quantitative estimate of drug-likeness (QED) is 0.665. The van der Waals surface area contributed by atoms with Crippen molar-refractivity contribution in [2.45, 2.75) is 51.5 Å². The lowest BCUT2D eigenvalue weighted by Crippen LogP contribution is -2.46. The van der Waals surface area contributed by atoms with Gasteiger partial charge in [-0.25, -0.2) is 8.42 Å². The van der Waals surface area contributed by atoms with Gasteiger partial charge in [-0.15, -0.1) is 0 Å². The predicted octanol–water partition coefficient (Wildman–Crippen LogP) is 3.48. The van der Waals surface area contributed by atoms with Crippen LogP contribution in [-0.2, 0) is 14.8 Å². The second-order valence-corrected chi connectivity index (χ2v) is 10.4. The number of nitrogens with zero attached hydrogens (tertiary/aromatic N) is 1. The van der Waals surface area contributed by atoms with Crippen LogP contribution in [0.1, 0.15) is 48.2 Å². The number of benzene rings is 2. The van der Waals surface area contributed by atoms with Crippen LogP contribution in [0.15, 0.2) is 47.4 Å². The largest absolute Gasteiger partial charge is 0.354 e. The number of hydrogen-bond donors (Lipinski definition) is 2. The molecule has 1 aliphatic heterocycles. The lowest BCUT2D eigenvalue weighted by atomic mass is 10.1. The van der Waals surface area contributed by atoms with Crippen molar-refractivity contribution in [2.75, 3.05) is 17.8 Å². The molecule has 1 aliphatic rings. The molecule has 0 aromatic heterocycles. The molecule has 32 heavy (non-hydrogen) atoms. The van der Waals surface area contributed by atoms with Crippen LogP contribution < -0.4 is 10.0 Å². The fourth-order valence-corrected chi connectivity index (χ4v) is 4.82. The van der Waals surface area contributed by atoms with Gasteiger partial charge in [-0.1, -0.05) is 26.0 Å². The maximum atomic E-state index is 13.1. The molecule has 7 nitrogen and oxygen atoms in total. The fourth-order valence-electron chi connectivity index (χ4n) is 3.68. The van der Waals surface area contributed by atoms with E-state index in [1.165, 1.54) is 6.07 Å². The summed E-state index contributed by atoms with van der Waals surface area (Å²) in [6.45, 7) is 8.87. The van der Waals surface area contributed by atoms with Crippen molar-refractivity contribution in [3.05, 3.63) is 59.2 Å². The molecule has 0 bridgehead atoms. The molecular weight excluding hydrogens is 426 g/mol. The monoisotopic (exact) mass is 457 g/mol. The zero-order valence-electron chi connectivity index (χ0n) is 19.0. The minimum absolute atomic E-state index is 0.142. The molecule has 2 N–H and O–H groups in total. The SMILES string of the molecule is Cc1ccc(S(=O)(=O)Nc2cccc(C(=O)N3CCCC3C(=O)NCC(C)C)c2)cc1C. The average molecular weight is 458 g/mol. The van der Waals surface area contributed by atoms with Gasteiger partial charge in [0.15, 0.2) is 0 Å². The second kappa shape index (κ2) is 9.73. The van der Waals surface area contributed by atoms with Crippen LogP contribution in [0.5, 0.6) is 0 Å². The van der Waals surface area contributed by atoms with Crippen LogP contribution in [0, 0.1) is 19.8 Å². The van der Waals surface area contributed by atoms with Gasteiger partial charge in [0.1, 0.15) is 6.04 Å². The van der Waals surface area contributed by atoms with Gasteiger partial charge in [-0.2, -0.15) is 0 Å². The van der Waals surface area contributed by atoms with Crippen molar-refractivity contribution < 1.29 is 18.0 Å². The minimum Gasteiger partial charge on any atom is -0.354 e. The van der Waals surface area contributed by atoms with E-state index in [1.54, 1.807) is 41.3 Å². The number of carbonyl (C=O) groups excluding carboxylic acids is 2. The smallest absolute Gasteiger partial charge is 0.261 e. The molecule has 2 aromatic rings. The van der Waals surface area contributed by atoms with Gasteiger partial charge in [0.2, 0.25) is 5.91 Å². The summed E-state index contributed by atoms with van der Waals surface area (Å²) in [5.74, 6) is -0.0953. The highest BCUT2D eigenvalue weighted by Gasteiger charge is 2.34. The maximum absolute atomic E-state index is 13.1. The Hall–Kier alpha value is -2.87. The summed E-state index contributed by atoms with van der Waals surface area (Å²) in [6.07, 6.45) is 1.37. The molecule has 0 radical (unpaired) electrons. The Morgan fingerprint density at radius 2 is 1.84 bits per heavy atom. The van der Waals surface area contributed by atoms with E-state index >= 15 is 0 Å². The first-order valence-corrected chi connectivity index (χ1v) is 12.4. The Balaban J connectivity index is 1.77. The van der Waals surface area contributed by atoms with Gasteiger partial charge in [0.05, 0.1) is 4.90 Å². The first kappa shape index (κ1) is 23.8. The van der Waals surface area contributed by atoms with Crippen LogP contribution in [0.3, 0.4) is 0 Å². The topological polar surface area (TPSA) is 95.6 Å². The van der Waals surface area contributed by atoms with Gasteiger partial charge in [0.25, 0.3) is 15.9 Å². The van der Waals surface area contributed by atoms with E-state index in [9.17, 15) is 18.0 Å². The summed E-state index contributed by atoms with van der Waals surface area (Å²) >= 11 is 0. The van der Waals surface area contributed by atoms with E-state index in [1.807, 2.05) is 27.7 Å². The van der Waals surface area contributed by atoms with Crippen LogP contribution >= 0.6 is 0 Å². The number of likely N-dealkylation sites (tertiary alicyclic amines) is 1. The molecule has 172 valence electrons. The van der Waals surface area contributed by atoms with E-state index < -0.39 is 16.1 Å². The molecule has 0 aliphatic carbocycles. The number of nitrogens with one attached hydrogen (secondary N) is 2. The van der Waals surface area contributed by atoms with Crippen molar-refractivity contribution in [1.82, 2.24) is 10.2 Å². The highest BCUT2D eigenvalue weighted by atomic mass is 32.2. The van der Waals surface area contributed by atoms with Gasteiger partial charge >= 0.3 is 0 Å². The minimum atomic E-state index is -3.79. The van der Waals surface area contributed by atoms with Crippen molar-refractivity contribution in [3.8, 4) is 0 Å². The molecule has 0 saturated carbocycles. The molecular formula is C24H31N3O4S. The number of sulfonamides is 1. The third-order valence-electron chi connectivity index (χ3n) is 5.65. The van der Waals surface area contributed by atoms with Crippen molar-refractivity contribution in [2.24, 2.45) is 5.92 Å². The van der Waals surface area contributed by atoms with Crippen LogP contribution in [0.25, 0.3) is 0 Å². The number of aryl methyl sites for hydroxylation is 2. The molecule has 1 heterocycles. The summed E-state index contributed by atoms with van der Waals surface area (Å²) in [7, 11) is -3.79. The van der Waals surface area contributed by atoms with Crippen LogP contribution in [-0.4, -0.2) is 44.3 Å². The predicted molar refractivity (Wildman–Crippen MR) is 125 cm³/mol. The Kier molecular flexibility index (Phi) is 7.23. The zero-order chi connectivity index (χ0) is 23.5. The second-order valence-electron chi connectivity index (χ2n) is 8.73. The molecule has 1 unspecified atom stereocenters.